The molecule has 2 nitrogen and oxygen atoms in total. The first-order chi connectivity index (χ1) is 7.77. The maximum atomic E-state index is 9.24. The molecule has 0 aliphatic heterocycles. The van der Waals surface area contributed by atoms with Gasteiger partial charge in [-0.2, -0.15) is 11.8 Å². The minimum absolute atomic E-state index is 0.646. The molecule has 0 unspecified atom stereocenters. The van der Waals surface area contributed by atoms with Gasteiger partial charge in [0.2, 0.25) is 0 Å². The summed E-state index contributed by atoms with van der Waals surface area (Å²) in [6.07, 6.45) is 5.33. The van der Waals surface area contributed by atoms with Crippen LogP contribution in [0.4, 0.5) is 0 Å². The molecule has 1 aliphatic carbocycles. The average Bonchev–Trinajstić information content (AvgIpc) is 2.79. The van der Waals surface area contributed by atoms with Crippen LogP contribution in [0.1, 0.15) is 31.2 Å². The number of thioether (sulfide) groups is 1. The Morgan fingerprint density at radius 2 is 1.88 bits per heavy atom. The SMILES string of the molecule is OB(O)c1ccccc1CSC1CCCC1. The van der Waals surface area contributed by atoms with Gasteiger partial charge in [-0.3, -0.25) is 0 Å². The molecule has 2 N–H and O–H groups in total. The minimum Gasteiger partial charge on any atom is -0.423 e. The van der Waals surface area contributed by atoms with Gasteiger partial charge in [0.15, 0.2) is 0 Å². The molecule has 0 radical (unpaired) electrons. The third-order valence-electron chi connectivity index (χ3n) is 3.11. The standard InChI is InChI=1S/C12H17BO2S/c14-13(15)12-8-4-1-5-10(12)9-16-11-6-2-3-7-11/h1,4-5,8,11,14-15H,2-3,6-7,9H2. The van der Waals surface area contributed by atoms with Crippen molar-refractivity contribution in [3.05, 3.63) is 29.8 Å². The van der Waals surface area contributed by atoms with Crippen LogP contribution in [0.3, 0.4) is 0 Å². The van der Waals surface area contributed by atoms with Crippen molar-refractivity contribution < 1.29 is 10.0 Å². The molecular weight excluding hydrogens is 219 g/mol. The Bertz CT molecular complexity index is 338. The van der Waals surface area contributed by atoms with Gasteiger partial charge in [-0.25, -0.2) is 0 Å². The van der Waals surface area contributed by atoms with E-state index < -0.39 is 7.12 Å². The number of rotatable bonds is 4. The van der Waals surface area contributed by atoms with E-state index in [4.69, 9.17) is 0 Å². The molecule has 0 amide bonds. The van der Waals surface area contributed by atoms with E-state index >= 15 is 0 Å². The summed E-state index contributed by atoms with van der Waals surface area (Å²) in [5, 5.41) is 19.3. The minimum atomic E-state index is -1.35. The lowest BCUT2D eigenvalue weighted by Gasteiger charge is -2.11. The van der Waals surface area contributed by atoms with Crippen molar-refractivity contribution in [2.24, 2.45) is 0 Å². The molecular formula is C12H17BO2S. The average molecular weight is 236 g/mol. The van der Waals surface area contributed by atoms with Crippen molar-refractivity contribution in [1.29, 1.82) is 0 Å². The largest absolute Gasteiger partial charge is 0.488 e. The van der Waals surface area contributed by atoms with Crippen molar-refractivity contribution in [3.63, 3.8) is 0 Å². The molecule has 0 bridgehead atoms. The first-order valence-electron chi connectivity index (χ1n) is 5.83. The predicted octanol–water partition coefficient (Wildman–Crippen LogP) is 1.54. The highest BCUT2D eigenvalue weighted by Gasteiger charge is 2.18. The summed E-state index contributed by atoms with van der Waals surface area (Å²) in [6.45, 7) is 0. The Labute approximate surface area is 101 Å². The van der Waals surface area contributed by atoms with E-state index in [-0.39, 0.29) is 0 Å². The molecule has 2 rings (SSSR count). The lowest BCUT2D eigenvalue weighted by atomic mass is 9.77. The summed E-state index contributed by atoms with van der Waals surface area (Å²) in [7, 11) is -1.35. The van der Waals surface area contributed by atoms with Gasteiger partial charge in [0.25, 0.3) is 0 Å². The highest BCUT2D eigenvalue weighted by Crippen LogP contribution is 2.31. The van der Waals surface area contributed by atoms with Crippen molar-refractivity contribution in [2.75, 3.05) is 0 Å². The van der Waals surface area contributed by atoms with Crippen molar-refractivity contribution >= 4 is 24.3 Å². The van der Waals surface area contributed by atoms with Gasteiger partial charge in [0.1, 0.15) is 0 Å². The van der Waals surface area contributed by atoms with Gasteiger partial charge in [-0.05, 0) is 23.9 Å². The summed E-state index contributed by atoms with van der Waals surface area (Å²) >= 11 is 1.95. The van der Waals surface area contributed by atoms with Crippen molar-refractivity contribution in [3.8, 4) is 0 Å². The zero-order valence-electron chi connectivity index (χ0n) is 9.30. The molecule has 1 aromatic carbocycles. The van der Waals surface area contributed by atoms with Crippen LogP contribution in [-0.2, 0) is 5.75 Å². The van der Waals surface area contributed by atoms with E-state index in [0.29, 0.717) is 5.46 Å². The fourth-order valence-electron chi connectivity index (χ4n) is 2.18. The molecule has 0 heterocycles. The Hall–Kier alpha value is -0.445. The summed E-state index contributed by atoms with van der Waals surface area (Å²) in [4.78, 5) is 0. The number of hydrogen-bond acceptors (Lipinski definition) is 3. The predicted molar refractivity (Wildman–Crippen MR) is 69.8 cm³/mol. The Balaban J connectivity index is 1.97. The Kier molecular flexibility index (Phi) is 4.33. The highest BCUT2D eigenvalue weighted by molar-refractivity contribution is 7.99. The molecule has 0 atom stereocenters. The summed E-state index contributed by atoms with van der Waals surface area (Å²) in [5.74, 6) is 0.887. The molecule has 1 aromatic rings. The maximum absolute atomic E-state index is 9.24. The van der Waals surface area contributed by atoms with Crippen molar-refractivity contribution in [2.45, 2.75) is 36.7 Å². The third kappa shape index (κ3) is 3.03. The van der Waals surface area contributed by atoms with Gasteiger partial charge < -0.3 is 10.0 Å². The van der Waals surface area contributed by atoms with E-state index in [1.807, 2.05) is 30.0 Å². The van der Waals surface area contributed by atoms with Gasteiger partial charge in [0, 0.05) is 11.0 Å². The van der Waals surface area contributed by atoms with Gasteiger partial charge in [-0.1, -0.05) is 37.1 Å². The first kappa shape index (κ1) is 12.0. The van der Waals surface area contributed by atoms with Crippen LogP contribution < -0.4 is 5.46 Å². The van der Waals surface area contributed by atoms with Crippen LogP contribution in [-0.4, -0.2) is 22.4 Å². The van der Waals surface area contributed by atoms with Crippen molar-refractivity contribution in [1.82, 2.24) is 0 Å². The first-order valence-corrected chi connectivity index (χ1v) is 6.88. The zero-order valence-corrected chi connectivity index (χ0v) is 10.1. The highest BCUT2D eigenvalue weighted by atomic mass is 32.2. The molecule has 86 valence electrons. The molecule has 1 saturated carbocycles. The monoisotopic (exact) mass is 236 g/mol. The van der Waals surface area contributed by atoms with Gasteiger partial charge in [-0.15, -0.1) is 0 Å². The lowest BCUT2D eigenvalue weighted by molar-refractivity contribution is 0.425. The van der Waals surface area contributed by atoms with E-state index in [0.717, 1.165) is 16.6 Å². The molecule has 0 saturated heterocycles. The van der Waals surface area contributed by atoms with Crippen LogP contribution in [0.2, 0.25) is 0 Å². The second kappa shape index (κ2) is 5.76. The van der Waals surface area contributed by atoms with Gasteiger partial charge in [0.05, 0.1) is 0 Å². The van der Waals surface area contributed by atoms with Crippen LogP contribution in [0.25, 0.3) is 0 Å². The molecule has 0 spiro atoms. The zero-order chi connectivity index (χ0) is 11.4. The van der Waals surface area contributed by atoms with Crippen LogP contribution in [0, 0.1) is 0 Å². The van der Waals surface area contributed by atoms with Crippen LogP contribution >= 0.6 is 11.8 Å². The smallest absolute Gasteiger partial charge is 0.423 e. The normalized spacial score (nSPS) is 16.6. The molecule has 4 heteroatoms. The van der Waals surface area contributed by atoms with Crippen LogP contribution in [0.5, 0.6) is 0 Å². The second-order valence-corrected chi connectivity index (χ2v) is 5.58. The Morgan fingerprint density at radius 3 is 2.56 bits per heavy atom. The maximum Gasteiger partial charge on any atom is 0.488 e. The topological polar surface area (TPSA) is 40.5 Å². The second-order valence-electron chi connectivity index (χ2n) is 4.29. The fourth-order valence-corrected chi connectivity index (χ4v) is 3.53. The quantitative estimate of drug-likeness (QED) is 0.779. The summed E-state index contributed by atoms with van der Waals surface area (Å²) in [6, 6.07) is 7.57. The summed E-state index contributed by atoms with van der Waals surface area (Å²) < 4.78 is 0. The summed E-state index contributed by atoms with van der Waals surface area (Å²) in [5.41, 5.74) is 1.70. The number of benzene rings is 1. The molecule has 16 heavy (non-hydrogen) atoms. The lowest BCUT2D eigenvalue weighted by Crippen LogP contribution is -2.32. The number of hydrogen-bond donors (Lipinski definition) is 2. The molecule has 1 aliphatic rings. The fraction of sp³-hybridized carbons (Fsp3) is 0.500. The Morgan fingerprint density at radius 1 is 1.19 bits per heavy atom. The van der Waals surface area contributed by atoms with E-state index in [9.17, 15) is 10.0 Å². The molecule has 1 fully saturated rings. The van der Waals surface area contributed by atoms with E-state index in [1.165, 1.54) is 25.7 Å². The third-order valence-corrected chi connectivity index (χ3v) is 4.53. The van der Waals surface area contributed by atoms with Crippen LogP contribution in [0.15, 0.2) is 24.3 Å². The van der Waals surface area contributed by atoms with E-state index in [1.54, 1.807) is 6.07 Å². The molecule has 0 aromatic heterocycles. The van der Waals surface area contributed by atoms with Gasteiger partial charge >= 0.3 is 7.12 Å². The van der Waals surface area contributed by atoms with E-state index in [2.05, 4.69) is 0 Å².